The van der Waals surface area contributed by atoms with Gasteiger partial charge in [-0.3, -0.25) is 10.1 Å². The molecule has 130 valence electrons. The van der Waals surface area contributed by atoms with Gasteiger partial charge in [-0.25, -0.2) is 9.37 Å². The first kappa shape index (κ1) is 16.7. The topological polar surface area (TPSA) is 76.4 Å². The Kier molecular flexibility index (Phi) is 4.21. The fourth-order valence-corrected chi connectivity index (χ4v) is 2.94. The highest BCUT2D eigenvalue weighted by Crippen LogP contribution is 2.39. The van der Waals surface area contributed by atoms with Crippen molar-refractivity contribution in [2.24, 2.45) is 0 Å². The predicted octanol–water partition coefficient (Wildman–Crippen LogP) is 3.01. The van der Waals surface area contributed by atoms with E-state index in [4.69, 9.17) is 4.74 Å². The van der Waals surface area contributed by atoms with E-state index in [0.717, 1.165) is 19.3 Å². The molecule has 1 heterocycles. The van der Waals surface area contributed by atoms with E-state index in [2.05, 4.69) is 10.3 Å². The predicted molar refractivity (Wildman–Crippen MR) is 88.7 cm³/mol. The highest BCUT2D eigenvalue weighted by atomic mass is 19.1. The molecule has 2 N–H and O–H groups in total. The van der Waals surface area contributed by atoms with Gasteiger partial charge in [0.1, 0.15) is 5.52 Å². The molecular weight excluding hydrogens is 313 g/mol. The number of aromatic nitrogens is 2. The number of methoxy groups -OCH3 is 1. The van der Waals surface area contributed by atoms with Crippen molar-refractivity contribution in [3.63, 3.8) is 0 Å². The summed E-state index contributed by atoms with van der Waals surface area (Å²) in [7, 11) is 1.42. The molecule has 2 aromatic rings. The number of anilines is 1. The third-order valence-corrected chi connectivity index (χ3v) is 4.26. The third kappa shape index (κ3) is 3.08. The second-order valence-electron chi connectivity index (χ2n) is 6.88. The van der Waals surface area contributed by atoms with E-state index in [1.165, 1.54) is 13.2 Å². The molecule has 7 heteroatoms. The number of hydrogen-bond donors (Lipinski definition) is 2. The van der Waals surface area contributed by atoms with Gasteiger partial charge in [-0.05, 0) is 45.2 Å². The Morgan fingerprint density at radius 1 is 1.50 bits per heavy atom. The summed E-state index contributed by atoms with van der Waals surface area (Å²) in [6.07, 6.45) is 2.83. The van der Waals surface area contributed by atoms with Crippen LogP contribution in [0.25, 0.3) is 11.0 Å². The highest BCUT2D eigenvalue weighted by Gasteiger charge is 2.29. The fourth-order valence-electron chi connectivity index (χ4n) is 2.94. The molecule has 1 aliphatic rings. The van der Waals surface area contributed by atoms with E-state index in [-0.39, 0.29) is 24.1 Å². The molecule has 1 saturated carbocycles. The van der Waals surface area contributed by atoms with Crippen LogP contribution in [0, 0.1) is 5.82 Å². The van der Waals surface area contributed by atoms with Gasteiger partial charge < -0.3 is 14.4 Å². The van der Waals surface area contributed by atoms with Gasteiger partial charge >= 0.3 is 0 Å². The van der Waals surface area contributed by atoms with Crippen LogP contribution in [0.2, 0.25) is 0 Å². The van der Waals surface area contributed by atoms with Crippen molar-refractivity contribution in [2.45, 2.75) is 51.2 Å². The van der Waals surface area contributed by atoms with Crippen molar-refractivity contribution in [3.05, 3.63) is 17.9 Å². The minimum absolute atomic E-state index is 0.0628. The van der Waals surface area contributed by atoms with Crippen molar-refractivity contribution in [1.29, 1.82) is 0 Å². The molecule has 1 fully saturated rings. The normalized spacial score (nSPS) is 15.4. The lowest BCUT2D eigenvalue weighted by Crippen LogP contribution is -2.29. The lowest BCUT2D eigenvalue weighted by atomic mass is 9.92. The van der Waals surface area contributed by atoms with E-state index in [1.54, 1.807) is 24.5 Å². The average molecular weight is 335 g/mol. The summed E-state index contributed by atoms with van der Waals surface area (Å²) in [5.74, 6) is -0.364. The lowest BCUT2D eigenvalue weighted by molar-refractivity contribution is -0.119. The van der Waals surface area contributed by atoms with E-state index in [0.29, 0.717) is 17.0 Å². The van der Waals surface area contributed by atoms with Crippen molar-refractivity contribution in [2.75, 3.05) is 12.4 Å². The summed E-state index contributed by atoms with van der Waals surface area (Å²) in [6.45, 7) is 3.12. The van der Waals surface area contributed by atoms with Gasteiger partial charge in [0, 0.05) is 6.04 Å². The first-order chi connectivity index (χ1) is 11.3. The van der Waals surface area contributed by atoms with Crippen LogP contribution in [0.4, 0.5) is 10.3 Å². The Hall–Kier alpha value is -2.15. The largest absolute Gasteiger partial charge is 0.494 e. The second-order valence-corrected chi connectivity index (χ2v) is 6.88. The van der Waals surface area contributed by atoms with Gasteiger partial charge in [0.05, 0.1) is 24.6 Å². The summed E-state index contributed by atoms with van der Waals surface area (Å²) < 4.78 is 21.5. The van der Waals surface area contributed by atoms with Crippen LogP contribution in [0.3, 0.4) is 0 Å². The molecule has 0 saturated heterocycles. The zero-order valence-electron chi connectivity index (χ0n) is 14.1. The van der Waals surface area contributed by atoms with Gasteiger partial charge in [0.2, 0.25) is 11.9 Å². The standard InChI is InChI=1S/C17H22FN3O3/c1-17(2,23)9-13(22)20-16-19-11-7-8-12(24-3)14(18)15(11)21(16)10-5-4-6-10/h7-8,10,23H,4-6,9H2,1-3H3,(H,19,20,22). The molecule has 1 amide bonds. The Bertz CT molecular complexity index is 775. The van der Waals surface area contributed by atoms with Gasteiger partial charge in [-0.2, -0.15) is 0 Å². The minimum Gasteiger partial charge on any atom is -0.494 e. The monoisotopic (exact) mass is 335 g/mol. The van der Waals surface area contributed by atoms with Crippen LogP contribution >= 0.6 is 0 Å². The number of ether oxygens (including phenoxy) is 1. The Balaban J connectivity index is 2.04. The molecule has 1 aliphatic carbocycles. The summed E-state index contributed by atoms with van der Waals surface area (Å²) in [4.78, 5) is 16.5. The van der Waals surface area contributed by atoms with E-state index in [1.807, 2.05) is 0 Å². The zero-order chi connectivity index (χ0) is 17.5. The molecule has 6 nitrogen and oxygen atoms in total. The highest BCUT2D eigenvalue weighted by molar-refractivity contribution is 5.92. The number of halogens is 1. The van der Waals surface area contributed by atoms with Crippen LogP contribution < -0.4 is 10.1 Å². The summed E-state index contributed by atoms with van der Waals surface area (Å²) >= 11 is 0. The van der Waals surface area contributed by atoms with Crippen molar-refractivity contribution >= 4 is 22.9 Å². The van der Waals surface area contributed by atoms with Gasteiger partial charge in [0.25, 0.3) is 0 Å². The number of nitrogens with one attached hydrogen (secondary N) is 1. The van der Waals surface area contributed by atoms with Gasteiger partial charge in [-0.15, -0.1) is 0 Å². The van der Waals surface area contributed by atoms with Crippen molar-refractivity contribution in [1.82, 2.24) is 9.55 Å². The number of rotatable bonds is 5. The number of aliphatic hydroxyl groups is 1. The molecule has 0 spiro atoms. The molecule has 0 unspecified atom stereocenters. The number of imidazole rings is 1. The molecular formula is C17H22FN3O3. The number of carbonyl (C=O) groups is 1. The molecule has 0 bridgehead atoms. The first-order valence-corrected chi connectivity index (χ1v) is 8.07. The maximum Gasteiger partial charge on any atom is 0.229 e. The average Bonchev–Trinajstić information content (AvgIpc) is 2.74. The number of carbonyl (C=O) groups excluding carboxylic acids is 1. The van der Waals surface area contributed by atoms with Crippen LogP contribution in [-0.4, -0.2) is 33.3 Å². The maximum absolute atomic E-state index is 14.7. The number of hydrogen-bond acceptors (Lipinski definition) is 4. The van der Waals surface area contributed by atoms with E-state index < -0.39 is 11.4 Å². The van der Waals surface area contributed by atoms with Crippen LogP contribution in [0.5, 0.6) is 5.75 Å². The Morgan fingerprint density at radius 2 is 2.21 bits per heavy atom. The van der Waals surface area contributed by atoms with Gasteiger partial charge in [-0.1, -0.05) is 0 Å². The molecule has 1 aromatic heterocycles. The number of benzene rings is 1. The lowest BCUT2D eigenvalue weighted by Gasteiger charge is -2.29. The van der Waals surface area contributed by atoms with Gasteiger partial charge in [0.15, 0.2) is 11.6 Å². The molecule has 0 aliphatic heterocycles. The van der Waals surface area contributed by atoms with E-state index in [9.17, 15) is 14.3 Å². The second kappa shape index (κ2) is 6.05. The molecule has 1 aromatic carbocycles. The third-order valence-electron chi connectivity index (χ3n) is 4.26. The van der Waals surface area contributed by atoms with Crippen LogP contribution in [0.15, 0.2) is 12.1 Å². The first-order valence-electron chi connectivity index (χ1n) is 8.07. The SMILES string of the molecule is COc1ccc2nc(NC(=O)CC(C)(C)O)n(C3CCC3)c2c1F. The Morgan fingerprint density at radius 3 is 2.75 bits per heavy atom. The molecule has 0 atom stereocenters. The van der Waals surface area contributed by atoms with Crippen molar-refractivity contribution in [3.8, 4) is 5.75 Å². The smallest absolute Gasteiger partial charge is 0.229 e. The number of amides is 1. The number of fused-ring (bicyclic) bond motifs is 1. The summed E-state index contributed by atoms with van der Waals surface area (Å²) in [5.41, 5.74) is -0.303. The summed E-state index contributed by atoms with van der Waals surface area (Å²) in [6, 6.07) is 3.31. The molecule has 3 rings (SSSR count). The van der Waals surface area contributed by atoms with E-state index >= 15 is 0 Å². The van der Waals surface area contributed by atoms with Crippen LogP contribution in [0.1, 0.15) is 45.6 Å². The minimum atomic E-state index is -1.12. The zero-order valence-corrected chi connectivity index (χ0v) is 14.1. The molecule has 0 radical (unpaired) electrons. The van der Waals surface area contributed by atoms with Crippen molar-refractivity contribution < 1.29 is 19.0 Å². The number of nitrogens with zero attached hydrogens (tertiary/aromatic N) is 2. The Labute approximate surface area is 139 Å². The summed E-state index contributed by atoms with van der Waals surface area (Å²) in [5, 5.41) is 12.5. The quantitative estimate of drug-likeness (QED) is 0.881. The maximum atomic E-state index is 14.7. The molecule has 24 heavy (non-hydrogen) atoms. The van der Waals surface area contributed by atoms with Crippen LogP contribution in [-0.2, 0) is 4.79 Å². The fraction of sp³-hybridized carbons (Fsp3) is 0.529.